The van der Waals surface area contributed by atoms with E-state index in [-0.39, 0.29) is 17.0 Å². The topological polar surface area (TPSA) is 129 Å². The minimum Gasteiger partial charge on any atom is -0.493 e. The highest BCUT2D eigenvalue weighted by molar-refractivity contribution is 6.02. The fraction of sp³-hybridized carbons (Fsp3) is 0.250. The van der Waals surface area contributed by atoms with E-state index >= 15 is 0 Å². The van der Waals surface area contributed by atoms with Crippen molar-refractivity contribution in [1.82, 2.24) is 9.55 Å². The Hall–Kier alpha value is -3.70. The molecule has 0 spiro atoms. The van der Waals surface area contributed by atoms with E-state index in [1.165, 1.54) is 7.11 Å². The van der Waals surface area contributed by atoms with Crippen molar-refractivity contribution in [2.24, 2.45) is 0 Å². The number of nitrogens with zero attached hydrogens (tertiary/aromatic N) is 1. The van der Waals surface area contributed by atoms with Gasteiger partial charge >= 0.3 is 18.3 Å². The number of alkyl halides is 2. The molecule has 0 bridgehead atoms. The Balaban J connectivity index is 2.38. The minimum absolute atomic E-state index is 0.185. The Morgan fingerprint density at radius 2 is 1.93 bits per heavy atom. The smallest absolute Gasteiger partial charge is 0.387 e. The van der Waals surface area contributed by atoms with Gasteiger partial charge in [0.05, 0.1) is 25.5 Å². The van der Waals surface area contributed by atoms with Crippen molar-refractivity contribution in [3.8, 4) is 11.5 Å². The molecule has 12 heteroatoms. The highest BCUT2D eigenvalue weighted by Crippen LogP contribution is 2.35. The van der Waals surface area contributed by atoms with Crippen molar-refractivity contribution in [1.29, 1.82) is 0 Å². The van der Waals surface area contributed by atoms with Gasteiger partial charge < -0.3 is 19.5 Å². The number of methoxy groups -OCH3 is 2. The van der Waals surface area contributed by atoms with Gasteiger partial charge in [0.15, 0.2) is 11.5 Å². The van der Waals surface area contributed by atoms with Crippen molar-refractivity contribution in [3.05, 3.63) is 50.8 Å². The average molecular weight is 399 g/mol. The van der Waals surface area contributed by atoms with Gasteiger partial charge in [0.1, 0.15) is 6.54 Å². The molecule has 0 radical (unpaired) electrons. The lowest BCUT2D eigenvalue weighted by molar-refractivity contribution is -0.116. The summed E-state index contributed by atoms with van der Waals surface area (Å²) in [4.78, 5) is 48.9. The van der Waals surface area contributed by atoms with Gasteiger partial charge in [-0.1, -0.05) is 0 Å². The number of H-pyrrole nitrogens is 1. The van der Waals surface area contributed by atoms with E-state index in [9.17, 15) is 28.0 Å². The second-order valence-corrected chi connectivity index (χ2v) is 5.20. The summed E-state index contributed by atoms with van der Waals surface area (Å²) in [6.07, 6.45) is 1.10. The molecule has 0 atom stereocenters. The summed E-state index contributed by atoms with van der Waals surface area (Å²) in [5, 5.41) is 2.31. The second-order valence-electron chi connectivity index (χ2n) is 5.20. The maximum absolute atomic E-state index is 12.6. The van der Waals surface area contributed by atoms with Crippen LogP contribution in [0, 0.1) is 0 Å². The lowest BCUT2D eigenvalue weighted by atomic mass is 10.1. The number of carbonyl (C=O) groups excluding carboxylic acids is 2. The molecule has 0 unspecified atom stereocenters. The van der Waals surface area contributed by atoms with E-state index in [0.717, 1.165) is 36.1 Å². The summed E-state index contributed by atoms with van der Waals surface area (Å²) in [5.74, 6) is -2.27. The summed E-state index contributed by atoms with van der Waals surface area (Å²) < 4.78 is 39.9. The molecule has 10 nitrogen and oxygen atoms in total. The third-order valence-electron chi connectivity index (χ3n) is 3.41. The lowest BCUT2D eigenvalue weighted by Crippen LogP contribution is -2.32. The first-order chi connectivity index (χ1) is 13.2. The Morgan fingerprint density at radius 1 is 1.21 bits per heavy atom. The first-order valence-corrected chi connectivity index (χ1v) is 7.60. The zero-order chi connectivity index (χ0) is 20.8. The van der Waals surface area contributed by atoms with E-state index in [1.54, 1.807) is 0 Å². The SMILES string of the molecule is COC(=O)c1cc(OC)c(OC(F)F)cc1NC(=O)Cn1ccc(=O)[nH]c1=O. The second kappa shape index (κ2) is 8.79. The number of anilines is 1. The van der Waals surface area contributed by atoms with Crippen LogP contribution >= 0.6 is 0 Å². The molecule has 0 aliphatic heterocycles. The Kier molecular flexibility index (Phi) is 6.47. The van der Waals surface area contributed by atoms with Crippen LogP contribution in [0.25, 0.3) is 0 Å². The number of amides is 1. The molecule has 28 heavy (non-hydrogen) atoms. The fourth-order valence-electron chi connectivity index (χ4n) is 2.20. The standard InChI is InChI=1S/C16H15F2N3O7/c1-26-10-5-8(14(24)27-2)9(6-11(10)28-15(17)18)19-13(23)7-21-4-3-12(22)20-16(21)25/h3-6,15H,7H2,1-2H3,(H,19,23)(H,20,22,25). The van der Waals surface area contributed by atoms with Crippen molar-refractivity contribution in [3.63, 3.8) is 0 Å². The third kappa shape index (κ3) is 4.93. The number of nitrogens with one attached hydrogen (secondary N) is 2. The minimum atomic E-state index is -3.18. The summed E-state index contributed by atoms with van der Waals surface area (Å²) in [6, 6.07) is 3.06. The van der Waals surface area contributed by atoms with Crippen molar-refractivity contribution in [2.75, 3.05) is 19.5 Å². The molecule has 0 aliphatic carbocycles. The molecule has 1 aromatic heterocycles. The maximum Gasteiger partial charge on any atom is 0.387 e. The number of ether oxygens (including phenoxy) is 3. The number of rotatable bonds is 7. The summed E-state index contributed by atoms with van der Waals surface area (Å²) in [6.45, 7) is -3.70. The average Bonchev–Trinajstić information content (AvgIpc) is 2.63. The zero-order valence-electron chi connectivity index (χ0n) is 14.7. The van der Waals surface area contributed by atoms with Crippen LogP contribution in [0.2, 0.25) is 0 Å². The molecule has 0 aliphatic rings. The predicted molar refractivity (Wildman–Crippen MR) is 90.9 cm³/mol. The van der Waals surface area contributed by atoms with Gasteiger partial charge in [0.2, 0.25) is 5.91 Å². The molecule has 2 aromatic rings. The number of aromatic amines is 1. The van der Waals surface area contributed by atoms with Crippen molar-refractivity contribution in [2.45, 2.75) is 13.2 Å². The van der Waals surface area contributed by atoms with E-state index in [4.69, 9.17) is 4.74 Å². The van der Waals surface area contributed by atoms with Gasteiger partial charge in [-0.3, -0.25) is 19.1 Å². The van der Waals surface area contributed by atoms with E-state index in [1.807, 2.05) is 4.98 Å². The number of hydrogen-bond donors (Lipinski definition) is 2. The first kappa shape index (κ1) is 20.6. The number of carbonyl (C=O) groups is 2. The van der Waals surface area contributed by atoms with Crippen molar-refractivity contribution >= 4 is 17.6 Å². The van der Waals surface area contributed by atoms with Crippen LogP contribution in [-0.4, -0.2) is 42.3 Å². The normalized spacial score (nSPS) is 10.5. The van der Waals surface area contributed by atoms with Gasteiger partial charge in [-0.2, -0.15) is 8.78 Å². The van der Waals surface area contributed by atoms with E-state index < -0.39 is 42.0 Å². The molecule has 1 amide bonds. The van der Waals surface area contributed by atoms with Crippen molar-refractivity contribution < 1.29 is 32.6 Å². The largest absolute Gasteiger partial charge is 0.493 e. The van der Waals surface area contributed by atoms with Crippen LogP contribution in [-0.2, 0) is 16.1 Å². The molecule has 1 heterocycles. The molecule has 0 saturated heterocycles. The zero-order valence-corrected chi connectivity index (χ0v) is 14.7. The molecule has 1 aromatic carbocycles. The molecular weight excluding hydrogens is 384 g/mol. The Morgan fingerprint density at radius 3 is 2.50 bits per heavy atom. The van der Waals surface area contributed by atoms with Crippen LogP contribution in [0.3, 0.4) is 0 Å². The van der Waals surface area contributed by atoms with Crippen LogP contribution in [0.5, 0.6) is 11.5 Å². The molecule has 150 valence electrons. The van der Waals surface area contributed by atoms with E-state index in [0.29, 0.717) is 0 Å². The van der Waals surface area contributed by atoms with Crippen LogP contribution < -0.4 is 26.0 Å². The number of benzene rings is 1. The molecular formula is C16H15F2N3O7. The highest BCUT2D eigenvalue weighted by Gasteiger charge is 2.21. The number of halogens is 2. The molecule has 0 saturated carbocycles. The van der Waals surface area contributed by atoms with Crippen LogP contribution in [0.15, 0.2) is 34.0 Å². The lowest BCUT2D eigenvalue weighted by Gasteiger charge is -2.15. The van der Waals surface area contributed by atoms with E-state index in [2.05, 4.69) is 14.8 Å². The predicted octanol–water partition coefficient (Wildman–Crippen LogP) is 0.572. The highest BCUT2D eigenvalue weighted by atomic mass is 19.3. The number of hydrogen-bond acceptors (Lipinski definition) is 7. The molecule has 2 N–H and O–H groups in total. The monoisotopic (exact) mass is 399 g/mol. The third-order valence-corrected chi connectivity index (χ3v) is 3.41. The Labute approximate surface area is 155 Å². The maximum atomic E-state index is 12.6. The fourth-order valence-corrected chi connectivity index (χ4v) is 2.20. The number of aromatic nitrogens is 2. The first-order valence-electron chi connectivity index (χ1n) is 7.60. The van der Waals surface area contributed by atoms with Crippen LogP contribution in [0.1, 0.15) is 10.4 Å². The molecule has 0 fully saturated rings. The van der Waals surface area contributed by atoms with Gasteiger partial charge in [-0.05, 0) is 0 Å². The summed E-state index contributed by atoms with van der Waals surface area (Å²) >= 11 is 0. The quantitative estimate of drug-likeness (QED) is 0.652. The van der Waals surface area contributed by atoms with Gasteiger partial charge in [0.25, 0.3) is 5.56 Å². The summed E-state index contributed by atoms with van der Waals surface area (Å²) in [7, 11) is 2.26. The van der Waals surface area contributed by atoms with Crippen LogP contribution in [0.4, 0.5) is 14.5 Å². The number of esters is 1. The van der Waals surface area contributed by atoms with Gasteiger partial charge in [-0.25, -0.2) is 9.59 Å². The Bertz CT molecular complexity index is 1000. The van der Waals surface area contributed by atoms with Gasteiger partial charge in [0, 0.05) is 24.4 Å². The summed E-state index contributed by atoms with van der Waals surface area (Å²) in [5.41, 5.74) is -1.86. The van der Waals surface area contributed by atoms with Gasteiger partial charge in [-0.15, -0.1) is 0 Å². The molecule has 2 rings (SSSR count).